The molecular formula is C24H23F2NO4S. The Hall–Kier alpha value is -3.26. The summed E-state index contributed by atoms with van der Waals surface area (Å²) in [5.41, 5.74) is 0.722. The van der Waals surface area contributed by atoms with E-state index in [9.17, 15) is 22.0 Å². The van der Waals surface area contributed by atoms with Crippen molar-refractivity contribution < 1.29 is 26.2 Å². The predicted molar refractivity (Wildman–Crippen MR) is 117 cm³/mol. The van der Waals surface area contributed by atoms with Crippen LogP contribution in [0.1, 0.15) is 36.2 Å². The summed E-state index contributed by atoms with van der Waals surface area (Å²) >= 11 is 0. The summed E-state index contributed by atoms with van der Waals surface area (Å²) in [6.45, 7) is 4.03. The van der Waals surface area contributed by atoms with Crippen LogP contribution in [0.15, 0.2) is 77.7 Å². The monoisotopic (exact) mass is 459 g/mol. The van der Waals surface area contributed by atoms with Crippen LogP contribution in [0.2, 0.25) is 0 Å². The zero-order chi connectivity index (χ0) is 23.3. The number of benzene rings is 3. The van der Waals surface area contributed by atoms with Crippen LogP contribution >= 0.6 is 0 Å². The average Bonchev–Trinajstić information content (AvgIpc) is 2.78. The first-order valence-corrected chi connectivity index (χ1v) is 11.5. The average molecular weight is 460 g/mol. The maximum atomic E-state index is 14.1. The number of nitrogens with zero attached hydrogens (tertiary/aromatic N) is 1. The number of carbonyl (C=O) groups is 1. The zero-order valence-corrected chi connectivity index (χ0v) is 18.5. The zero-order valence-electron chi connectivity index (χ0n) is 17.7. The van der Waals surface area contributed by atoms with Crippen LogP contribution in [0.4, 0.5) is 8.78 Å². The molecular weight excluding hydrogens is 436 g/mol. The SMILES string of the molecule is CCC(C)N(Cc1ccc(OS(=O)(=O)c2ccc(F)cc2)cc1)C(=O)c1ccccc1F. The van der Waals surface area contributed by atoms with Crippen LogP contribution in [0.3, 0.4) is 0 Å². The largest absolute Gasteiger partial charge is 0.379 e. The van der Waals surface area contributed by atoms with Crippen LogP contribution in [-0.4, -0.2) is 25.3 Å². The Morgan fingerprint density at radius 2 is 1.59 bits per heavy atom. The lowest BCUT2D eigenvalue weighted by molar-refractivity contribution is 0.0666. The van der Waals surface area contributed by atoms with Gasteiger partial charge in [-0.2, -0.15) is 8.42 Å². The topological polar surface area (TPSA) is 63.7 Å². The third-order valence-electron chi connectivity index (χ3n) is 5.07. The fourth-order valence-corrected chi connectivity index (χ4v) is 3.99. The molecule has 0 heterocycles. The van der Waals surface area contributed by atoms with Gasteiger partial charge in [0.25, 0.3) is 5.91 Å². The Morgan fingerprint density at radius 1 is 0.969 bits per heavy atom. The van der Waals surface area contributed by atoms with Crippen LogP contribution in [0, 0.1) is 11.6 Å². The van der Waals surface area contributed by atoms with Crippen LogP contribution in [0.5, 0.6) is 5.75 Å². The van der Waals surface area contributed by atoms with E-state index in [1.54, 1.807) is 23.1 Å². The lowest BCUT2D eigenvalue weighted by atomic mass is 10.1. The van der Waals surface area contributed by atoms with Crippen molar-refractivity contribution in [2.45, 2.75) is 37.8 Å². The van der Waals surface area contributed by atoms with Gasteiger partial charge in [-0.3, -0.25) is 4.79 Å². The highest BCUT2D eigenvalue weighted by Crippen LogP contribution is 2.22. The normalized spacial score (nSPS) is 12.2. The number of amides is 1. The Bertz CT molecular complexity index is 1180. The minimum Gasteiger partial charge on any atom is -0.379 e. The molecule has 0 bridgehead atoms. The van der Waals surface area contributed by atoms with Gasteiger partial charge in [-0.15, -0.1) is 0 Å². The molecule has 0 saturated carbocycles. The molecule has 0 aliphatic carbocycles. The van der Waals surface area contributed by atoms with Crippen molar-refractivity contribution >= 4 is 16.0 Å². The van der Waals surface area contributed by atoms with E-state index in [1.807, 2.05) is 13.8 Å². The van der Waals surface area contributed by atoms with Crippen molar-refractivity contribution in [1.82, 2.24) is 4.90 Å². The molecule has 0 radical (unpaired) electrons. The number of hydrogen-bond donors (Lipinski definition) is 0. The molecule has 3 aromatic carbocycles. The van der Waals surface area contributed by atoms with Gasteiger partial charge < -0.3 is 9.08 Å². The van der Waals surface area contributed by atoms with Gasteiger partial charge in [0.05, 0.1) is 5.56 Å². The second-order valence-electron chi connectivity index (χ2n) is 7.31. The van der Waals surface area contributed by atoms with Gasteiger partial charge in [0.15, 0.2) is 0 Å². The van der Waals surface area contributed by atoms with Gasteiger partial charge in [0.2, 0.25) is 0 Å². The van der Waals surface area contributed by atoms with E-state index in [2.05, 4.69) is 0 Å². The summed E-state index contributed by atoms with van der Waals surface area (Å²) in [5, 5.41) is 0. The van der Waals surface area contributed by atoms with E-state index in [1.165, 1.54) is 30.3 Å². The second-order valence-corrected chi connectivity index (χ2v) is 8.85. The molecule has 0 aliphatic heterocycles. The molecule has 0 spiro atoms. The maximum absolute atomic E-state index is 14.1. The quantitative estimate of drug-likeness (QED) is 0.436. The molecule has 0 aromatic heterocycles. The highest BCUT2D eigenvalue weighted by Gasteiger charge is 2.23. The summed E-state index contributed by atoms with van der Waals surface area (Å²) in [4.78, 5) is 14.4. The van der Waals surface area contributed by atoms with Crippen molar-refractivity contribution in [3.05, 3.63) is 95.6 Å². The van der Waals surface area contributed by atoms with Crippen molar-refractivity contribution in [1.29, 1.82) is 0 Å². The number of halogens is 2. The van der Waals surface area contributed by atoms with Crippen molar-refractivity contribution in [2.75, 3.05) is 0 Å². The molecule has 1 atom stereocenters. The molecule has 1 amide bonds. The second kappa shape index (κ2) is 9.91. The number of hydrogen-bond acceptors (Lipinski definition) is 4. The molecule has 5 nitrogen and oxygen atoms in total. The van der Waals surface area contributed by atoms with Gasteiger partial charge in [-0.05, 0) is 67.4 Å². The smallest absolute Gasteiger partial charge is 0.339 e. The van der Waals surface area contributed by atoms with E-state index in [0.717, 1.165) is 29.8 Å². The molecule has 0 aliphatic rings. The van der Waals surface area contributed by atoms with E-state index in [4.69, 9.17) is 4.18 Å². The molecule has 3 aromatic rings. The van der Waals surface area contributed by atoms with Crippen molar-refractivity contribution in [3.8, 4) is 5.75 Å². The number of rotatable bonds is 8. The third kappa shape index (κ3) is 5.50. The Labute approximate surface area is 186 Å². The standard InChI is InChI=1S/C24H23F2NO4S/c1-3-17(2)27(24(28)22-6-4-5-7-23(22)26)16-18-8-12-20(13-9-18)31-32(29,30)21-14-10-19(25)11-15-21/h4-15,17H,3,16H2,1-2H3. The Kier molecular flexibility index (Phi) is 7.25. The minimum atomic E-state index is -4.11. The van der Waals surface area contributed by atoms with Crippen molar-refractivity contribution in [2.24, 2.45) is 0 Å². The fraction of sp³-hybridized carbons (Fsp3) is 0.208. The summed E-state index contributed by atoms with van der Waals surface area (Å²) < 4.78 is 57.0. The lowest BCUT2D eigenvalue weighted by Crippen LogP contribution is -2.38. The third-order valence-corrected chi connectivity index (χ3v) is 6.33. The van der Waals surface area contributed by atoms with E-state index in [0.29, 0.717) is 6.42 Å². The predicted octanol–water partition coefficient (Wildman–Crippen LogP) is 5.17. The maximum Gasteiger partial charge on any atom is 0.339 e. The van der Waals surface area contributed by atoms with Gasteiger partial charge in [-0.1, -0.05) is 31.2 Å². The Morgan fingerprint density at radius 3 is 2.19 bits per heavy atom. The van der Waals surface area contributed by atoms with Crippen LogP contribution in [0.25, 0.3) is 0 Å². The molecule has 1 unspecified atom stereocenters. The van der Waals surface area contributed by atoms with E-state index >= 15 is 0 Å². The Balaban J connectivity index is 1.77. The number of carbonyl (C=O) groups excluding carboxylic acids is 1. The molecule has 0 fully saturated rings. The first-order chi connectivity index (χ1) is 15.2. The molecule has 0 N–H and O–H groups in total. The van der Waals surface area contributed by atoms with E-state index < -0.39 is 27.7 Å². The van der Waals surface area contributed by atoms with Crippen LogP contribution in [-0.2, 0) is 16.7 Å². The molecule has 8 heteroatoms. The summed E-state index contributed by atoms with van der Waals surface area (Å²) in [5.74, 6) is -1.48. The van der Waals surface area contributed by atoms with Gasteiger partial charge in [0.1, 0.15) is 22.3 Å². The molecule has 168 valence electrons. The lowest BCUT2D eigenvalue weighted by Gasteiger charge is -2.29. The summed E-state index contributed by atoms with van der Waals surface area (Å²) in [6, 6.07) is 16.2. The summed E-state index contributed by atoms with van der Waals surface area (Å²) in [6.07, 6.45) is 0.678. The molecule has 32 heavy (non-hydrogen) atoms. The van der Waals surface area contributed by atoms with Gasteiger partial charge >= 0.3 is 10.1 Å². The fourth-order valence-electron chi connectivity index (χ4n) is 3.06. The minimum absolute atomic E-state index is 0.00172. The van der Waals surface area contributed by atoms with Crippen molar-refractivity contribution in [3.63, 3.8) is 0 Å². The molecule has 3 rings (SSSR count). The first-order valence-electron chi connectivity index (χ1n) is 10.1. The van der Waals surface area contributed by atoms with Gasteiger partial charge in [0, 0.05) is 12.6 Å². The van der Waals surface area contributed by atoms with E-state index in [-0.39, 0.29) is 28.8 Å². The highest BCUT2D eigenvalue weighted by atomic mass is 32.2. The van der Waals surface area contributed by atoms with Gasteiger partial charge in [-0.25, -0.2) is 8.78 Å². The first kappa shape index (κ1) is 23.4. The van der Waals surface area contributed by atoms with Crippen LogP contribution < -0.4 is 4.18 Å². The molecule has 0 saturated heterocycles. The summed E-state index contributed by atoms with van der Waals surface area (Å²) in [7, 11) is -4.11. The highest BCUT2D eigenvalue weighted by molar-refractivity contribution is 7.87.